The number of hydrogen-bond donors (Lipinski definition) is 0. The van der Waals surface area contributed by atoms with E-state index in [0.29, 0.717) is 11.8 Å². The Balaban J connectivity index is 2.03. The SMILES string of the molecule is CC(=O)ON=C1CCC(c2cc(F)cc(CC(C)C)c2)CC1. The molecule has 0 heterocycles. The van der Waals surface area contributed by atoms with E-state index in [1.54, 1.807) is 12.1 Å². The van der Waals surface area contributed by atoms with Crippen molar-refractivity contribution in [1.82, 2.24) is 0 Å². The number of carbonyl (C=O) groups excluding carboxylic acids is 1. The van der Waals surface area contributed by atoms with E-state index in [0.717, 1.165) is 48.9 Å². The molecule has 0 unspecified atom stereocenters. The van der Waals surface area contributed by atoms with Gasteiger partial charge in [0.2, 0.25) is 0 Å². The Morgan fingerprint density at radius 2 is 2.00 bits per heavy atom. The van der Waals surface area contributed by atoms with E-state index >= 15 is 0 Å². The van der Waals surface area contributed by atoms with E-state index in [2.05, 4.69) is 25.1 Å². The maximum Gasteiger partial charge on any atom is 0.331 e. The Bertz CT molecular complexity index is 556. The zero-order valence-electron chi connectivity index (χ0n) is 13.6. The second-order valence-electron chi connectivity index (χ2n) is 6.51. The molecule has 2 rings (SSSR count). The van der Waals surface area contributed by atoms with Gasteiger partial charge in [-0.15, -0.1) is 0 Å². The van der Waals surface area contributed by atoms with Crippen LogP contribution in [-0.4, -0.2) is 11.7 Å². The molecule has 1 aliphatic rings. The van der Waals surface area contributed by atoms with Crippen molar-refractivity contribution in [2.24, 2.45) is 11.1 Å². The first-order chi connectivity index (χ1) is 10.4. The molecule has 0 atom stereocenters. The number of carbonyl (C=O) groups is 1. The van der Waals surface area contributed by atoms with Crippen molar-refractivity contribution < 1.29 is 14.0 Å². The fourth-order valence-electron chi connectivity index (χ4n) is 3.00. The first-order valence-corrected chi connectivity index (χ1v) is 7.96. The molecule has 0 aliphatic heterocycles. The number of halogens is 1. The van der Waals surface area contributed by atoms with Gasteiger partial charge < -0.3 is 4.84 Å². The lowest BCUT2D eigenvalue weighted by atomic mass is 9.82. The number of rotatable bonds is 4. The Hall–Kier alpha value is -1.71. The summed E-state index contributed by atoms with van der Waals surface area (Å²) in [5.74, 6) is 0.340. The Morgan fingerprint density at radius 3 is 2.59 bits per heavy atom. The van der Waals surface area contributed by atoms with Gasteiger partial charge in [-0.05, 0) is 67.2 Å². The molecule has 1 saturated carbocycles. The van der Waals surface area contributed by atoms with Crippen molar-refractivity contribution in [1.29, 1.82) is 0 Å². The van der Waals surface area contributed by atoms with Crippen molar-refractivity contribution >= 4 is 11.7 Å². The molecule has 0 saturated heterocycles. The van der Waals surface area contributed by atoms with Crippen molar-refractivity contribution in [3.63, 3.8) is 0 Å². The Morgan fingerprint density at radius 1 is 1.32 bits per heavy atom. The number of hydrogen-bond acceptors (Lipinski definition) is 3. The minimum atomic E-state index is -0.391. The standard InChI is InChI=1S/C18H24FNO2/c1-12(2)8-14-9-16(11-17(19)10-14)15-4-6-18(7-5-15)20-22-13(3)21/h9-12,15H,4-8H2,1-3H3. The van der Waals surface area contributed by atoms with Gasteiger partial charge >= 0.3 is 5.97 Å². The fraction of sp³-hybridized carbons (Fsp3) is 0.556. The summed E-state index contributed by atoms with van der Waals surface area (Å²) < 4.78 is 13.8. The minimum absolute atomic E-state index is 0.146. The van der Waals surface area contributed by atoms with Gasteiger partial charge in [0.05, 0.1) is 5.71 Å². The summed E-state index contributed by atoms with van der Waals surface area (Å²) in [6.07, 6.45) is 4.34. The topological polar surface area (TPSA) is 38.7 Å². The highest BCUT2D eigenvalue weighted by molar-refractivity contribution is 5.85. The van der Waals surface area contributed by atoms with Crippen LogP contribution in [0.3, 0.4) is 0 Å². The predicted molar refractivity (Wildman–Crippen MR) is 85.4 cm³/mol. The average molecular weight is 305 g/mol. The third kappa shape index (κ3) is 4.93. The molecule has 0 amide bonds. The summed E-state index contributed by atoms with van der Waals surface area (Å²) >= 11 is 0. The predicted octanol–water partition coefficient (Wildman–Crippen LogP) is 4.60. The first-order valence-electron chi connectivity index (χ1n) is 7.96. The van der Waals surface area contributed by atoms with Crippen LogP contribution in [0.5, 0.6) is 0 Å². The van der Waals surface area contributed by atoms with Crippen LogP contribution in [0.1, 0.15) is 63.5 Å². The Labute approximate surface area is 131 Å². The van der Waals surface area contributed by atoms with Gasteiger partial charge in [-0.1, -0.05) is 25.1 Å². The van der Waals surface area contributed by atoms with Gasteiger partial charge in [0.1, 0.15) is 5.82 Å². The largest absolute Gasteiger partial charge is 0.331 e. The zero-order chi connectivity index (χ0) is 16.1. The van der Waals surface area contributed by atoms with Crippen molar-refractivity contribution in [2.45, 2.75) is 58.8 Å². The lowest BCUT2D eigenvalue weighted by molar-refractivity contribution is -0.141. The monoisotopic (exact) mass is 305 g/mol. The van der Waals surface area contributed by atoms with Crippen LogP contribution in [0.2, 0.25) is 0 Å². The minimum Gasteiger partial charge on any atom is -0.319 e. The molecule has 120 valence electrons. The molecule has 0 radical (unpaired) electrons. The molecule has 0 aromatic heterocycles. The highest BCUT2D eigenvalue weighted by Crippen LogP contribution is 2.33. The van der Waals surface area contributed by atoms with Crippen molar-refractivity contribution in [3.05, 3.63) is 35.1 Å². The second kappa shape index (κ2) is 7.52. The lowest BCUT2D eigenvalue weighted by Gasteiger charge is -2.23. The third-order valence-electron chi connectivity index (χ3n) is 3.96. The van der Waals surface area contributed by atoms with Crippen LogP contribution in [-0.2, 0) is 16.1 Å². The summed E-state index contributed by atoms with van der Waals surface area (Å²) in [6.45, 7) is 5.63. The normalized spacial score (nSPS) is 18.4. The third-order valence-corrected chi connectivity index (χ3v) is 3.96. The average Bonchev–Trinajstić information content (AvgIpc) is 2.44. The van der Waals surface area contributed by atoms with Crippen LogP contribution in [0.15, 0.2) is 23.4 Å². The van der Waals surface area contributed by atoms with E-state index in [4.69, 9.17) is 4.84 Å². The summed E-state index contributed by atoms with van der Waals surface area (Å²) in [7, 11) is 0. The maximum absolute atomic E-state index is 13.8. The highest BCUT2D eigenvalue weighted by atomic mass is 19.1. The quantitative estimate of drug-likeness (QED) is 0.602. The lowest BCUT2D eigenvalue weighted by Crippen LogP contribution is -2.14. The summed E-state index contributed by atoms with van der Waals surface area (Å²) in [6, 6.07) is 5.44. The van der Waals surface area contributed by atoms with Gasteiger partial charge in [0.15, 0.2) is 0 Å². The van der Waals surface area contributed by atoms with Crippen LogP contribution < -0.4 is 0 Å². The van der Waals surface area contributed by atoms with Crippen molar-refractivity contribution in [2.75, 3.05) is 0 Å². The molecule has 1 aliphatic carbocycles. The molecule has 1 fully saturated rings. The fourth-order valence-corrected chi connectivity index (χ4v) is 3.00. The zero-order valence-corrected chi connectivity index (χ0v) is 13.6. The van der Waals surface area contributed by atoms with Gasteiger partial charge in [-0.2, -0.15) is 0 Å². The van der Waals surface area contributed by atoms with Gasteiger partial charge in [0, 0.05) is 6.92 Å². The van der Waals surface area contributed by atoms with Gasteiger partial charge in [-0.3, -0.25) is 0 Å². The molecule has 0 bridgehead atoms. The molecule has 1 aromatic rings. The van der Waals surface area contributed by atoms with E-state index in [1.807, 2.05) is 0 Å². The highest BCUT2D eigenvalue weighted by Gasteiger charge is 2.21. The number of oxime groups is 1. The molecular weight excluding hydrogens is 281 g/mol. The summed E-state index contributed by atoms with van der Waals surface area (Å²) in [5, 5.41) is 3.88. The molecule has 1 aromatic carbocycles. The van der Waals surface area contributed by atoms with Crippen molar-refractivity contribution in [3.8, 4) is 0 Å². The van der Waals surface area contributed by atoms with Crippen LogP contribution in [0.4, 0.5) is 4.39 Å². The smallest absolute Gasteiger partial charge is 0.319 e. The summed E-state index contributed by atoms with van der Waals surface area (Å²) in [5.41, 5.74) is 3.08. The van der Waals surface area contributed by atoms with E-state index in [-0.39, 0.29) is 5.82 Å². The Kier molecular flexibility index (Phi) is 5.69. The molecule has 3 nitrogen and oxygen atoms in total. The van der Waals surface area contributed by atoms with Gasteiger partial charge in [-0.25, -0.2) is 9.18 Å². The number of benzene rings is 1. The van der Waals surface area contributed by atoms with Crippen LogP contribution in [0.25, 0.3) is 0 Å². The van der Waals surface area contributed by atoms with Crippen LogP contribution >= 0.6 is 0 Å². The second-order valence-corrected chi connectivity index (χ2v) is 6.51. The molecule has 0 spiro atoms. The molecule has 4 heteroatoms. The van der Waals surface area contributed by atoms with E-state index < -0.39 is 5.97 Å². The van der Waals surface area contributed by atoms with E-state index in [9.17, 15) is 9.18 Å². The molecular formula is C18H24FNO2. The maximum atomic E-state index is 13.8. The van der Waals surface area contributed by atoms with Crippen LogP contribution in [0, 0.1) is 11.7 Å². The first kappa shape index (κ1) is 16.7. The molecule has 0 N–H and O–H groups in total. The van der Waals surface area contributed by atoms with E-state index in [1.165, 1.54) is 6.92 Å². The summed E-state index contributed by atoms with van der Waals surface area (Å²) in [4.78, 5) is 15.5. The molecule has 22 heavy (non-hydrogen) atoms. The number of nitrogens with zero attached hydrogens (tertiary/aromatic N) is 1. The van der Waals surface area contributed by atoms with Gasteiger partial charge in [0.25, 0.3) is 0 Å².